The Balaban J connectivity index is 2.02. The number of β-lactam (4-membered cyclic amide) rings is 1. The molecule has 0 aromatic heterocycles. The number of nitrogens with zero attached hydrogens (tertiary/aromatic N) is 2. The second-order valence-corrected chi connectivity index (χ2v) is 7.82. The number of amides is 1. The van der Waals surface area contributed by atoms with E-state index in [1.807, 2.05) is 0 Å². The summed E-state index contributed by atoms with van der Waals surface area (Å²) in [5.74, 6) is -1.74. The monoisotopic (exact) mass is 302 g/mol. The molecule has 0 unspecified atom stereocenters. The Morgan fingerprint density at radius 1 is 1.60 bits per heavy atom. The standard InChI is InChI=1S/C10H14N4O5S/c1-10(5-13-3-2-11-12-13)8(9(16)17)14-6(15)4-7(14)20(10,18)19/h2-3,7-8,11-12H,4-5H2,1H3,(H,16,17)/t7-,8+,10+/m1/s1. The van der Waals surface area contributed by atoms with E-state index in [4.69, 9.17) is 0 Å². The molecule has 3 heterocycles. The molecule has 3 atom stereocenters. The van der Waals surface area contributed by atoms with Gasteiger partial charge in [0.1, 0.15) is 10.1 Å². The molecular weight excluding hydrogens is 288 g/mol. The van der Waals surface area contributed by atoms with Crippen LogP contribution in [0.1, 0.15) is 13.3 Å². The van der Waals surface area contributed by atoms with E-state index >= 15 is 0 Å². The number of rotatable bonds is 3. The van der Waals surface area contributed by atoms with Gasteiger partial charge in [-0.3, -0.25) is 9.80 Å². The van der Waals surface area contributed by atoms with Gasteiger partial charge in [0.05, 0.1) is 13.0 Å². The van der Waals surface area contributed by atoms with Crippen molar-refractivity contribution in [3.05, 3.63) is 12.4 Å². The van der Waals surface area contributed by atoms with Gasteiger partial charge in [-0.25, -0.2) is 13.2 Å². The van der Waals surface area contributed by atoms with E-state index in [0.29, 0.717) is 0 Å². The average Bonchev–Trinajstić information content (AvgIpc) is 2.87. The van der Waals surface area contributed by atoms with Crippen LogP contribution in [0.5, 0.6) is 0 Å². The van der Waals surface area contributed by atoms with Gasteiger partial charge in [-0.05, 0) is 6.92 Å². The van der Waals surface area contributed by atoms with Crippen LogP contribution >= 0.6 is 0 Å². The molecule has 10 heteroatoms. The molecule has 2 saturated heterocycles. The second kappa shape index (κ2) is 3.85. The fourth-order valence-electron chi connectivity index (χ4n) is 3.00. The van der Waals surface area contributed by atoms with Crippen LogP contribution in [-0.2, 0) is 19.4 Å². The summed E-state index contributed by atoms with van der Waals surface area (Å²) < 4.78 is 23.6. The van der Waals surface area contributed by atoms with Gasteiger partial charge in [-0.15, -0.1) is 5.53 Å². The molecule has 110 valence electrons. The number of sulfone groups is 1. The topological polar surface area (TPSA) is 119 Å². The zero-order valence-electron chi connectivity index (χ0n) is 10.6. The highest BCUT2D eigenvalue weighted by atomic mass is 32.2. The smallest absolute Gasteiger partial charge is 0.328 e. The molecule has 2 fully saturated rings. The number of carboxylic acids is 1. The van der Waals surface area contributed by atoms with Crippen LogP contribution in [0.2, 0.25) is 0 Å². The number of aliphatic carboxylic acids is 1. The first-order valence-corrected chi connectivity index (χ1v) is 7.55. The van der Waals surface area contributed by atoms with E-state index in [9.17, 15) is 23.1 Å². The predicted molar refractivity (Wildman–Crippen MR) is 66.1 cm³/mol. The SMILES string of the molecule is C[C@]1(CN2C=CNN2)[C@H](C(=O)O)N2C(=O)C[C@H]2S1(=O)=O. The highest BCUT2D eigenvalue weighted by Crippen LogP contribution is 2.46. The van der Waals surface area contributed by atoms with Gasteiger partial charge >= 0.3 is 5.97 Å². The molecule has 1 amide bonds. The van der Waals surface area contributed by atoms with Crippen molar-refractivity contribution in [2.45, 2.75) is 29.5 Å². The molecule has 3 aliphatic rings. The maximum absolute atomic E-state index is 12.6. The molecule has 3 N–H and O–H groups in total. The van der Waals surface area contributed by atoms with Gasteiger partial charge in [0.2, 0.25) is 5.91 Å². The molecule has 20 heavy (non-hydrogen) atoms. The Morgan fingerprint density at radius 3 is 2.80 bits per heavy atom. The third-order valence-electron chi connectivity index (χ3n) is 4.08. The van der Waals surface area contributed by atoms with Gasteiger partial charge in [0.25, 0.3) is 0 Å². The fraction of sp³-hybridized carbons (Fsp3) is 0.600. The maximum Gasteiger partial charge on any atom is 0.328 e. The van der Waals surface area contributed by atoms with Gasteiger partial charge in [0.15, 0.2) is 15.9 Å². The zero-order valence-corrected chi connectivity index (χ0v) is 11.4. The minimum Gasteiger partial charge on any atom is -0.480 e. The van der Waals surface area contributed by atoms with E-state index in [0.717, 1.165) is 4.90 Å². The summed E-state index contributed by atoms with van der Waals surface area (Å²) in [6.45, 7) is 1.30. The normalized spacial score (nSPS) is 37.5. The van der Waals surface area contributed by atoms with Crippen molar-refractivity contribution in [2.75, 3.05) is 6.54 Å². The van der Waals surface area contributed by atoms with Crippen LogP contribution in [0, 0.1) is 0 Å². The van der Waals surface area contributed by atoms with Crippen molar-refractivity contribution in [2.24, 2.45) is 0 Å². The van der Waals surface area contributed by atoms with Gasteiger partial charge < -0.3 is 15.4 Å². The number of hydrogen-bond donors (Lipinski definition) is 3. The van der Waals surface area contributed by atoms with Crippen molar-refractivity contribution >= 4 is 21.7 Å². The Morgan fingerprint density at radius 2 is 2.30 bits per heavy atom. The molecule has 0 bridgehead atoms. The minimum atomic E-state index is -3.76. The van der Waals surface area contributed by atoms with Crippen LogP contribution in [0.4, 0.5) is 0 Å². The van der Waals surface area contributed by atoms with Gasteiger partial charge in [-0.2, -0.15) is 0 Å². The van der Waals surface area contributed by atoms with Crippen LogP contribution in [0.3, 0.4) is 0 Å². The number of hydrogen-bond acceptors (Lipinski definition) is 7. The lowest BCUT2D eigenvalue weighted by atomic mass is 9.96. The largest absolute Gasteiger partial charge is 0.480 e. The van der Waals surface area contributed by atoms with Crippen LogP contribution < -0.4 is 11.0 Å². The minimum absolute atomic E-state index is 0.0733. The summed E-state index contributed by atoms with van der Waals surface area (Å²) in [5.41, 5.74) is 5.33. The van der Waals surface area contributed by atoms with Crippen molar-refractivity contribution in [3.8, 4) is 0 Å². The molecule has 0 aromatic carbocycles. The van der Waals surface area contributed by atoms with E-state index in [-0.39, 0.29) is 13.0 Å². The summed E-state index contributed by atoms with van der Waals surface area (Å²) in [5, 5.41) is 9.80. The van der Waals surface area contributed by atoms with E-state index in [2.05, 4.69) is 11.0 Å². The average molecular weight is 302 g/mol. The number of nitrogens with one attached hydrogen (secondary N) is 2. The fourth-order valence-corrected chi connectivity index (χ4v) is 5.37. The predicted octanol–water partition coefficient (Wildman–Crippen LogP) is -2.02. The molecule has 9 nitrogen and oxygen atoms in total. The molecule has 3 aliphatic heterocycles. The number of carbonyl (C=O) groups is 2. The summed E-state index contributed by atoms with van der Waals surface area (Å²) in [6.07, 6.45) is 2.99. The lowest BCUT2D eigenvalue weighted by Crippen LogP contribution is -2.59. The van der Waals surface area contributed by atoms with E-state index < -0.39 is 37.9 Å². The lowest BCUT2D eigenvalue weighted by Gasteiger charge is -2.36. The Labute approximate surface area is 115 Å². The van der Waals surface area contributed by atoms with E-state index in [1.165, 1.54) is 11.9 Å². The maximum atomic E-state index is 12.6. The molecule has 0 saturated carbocycles. The third kappa shape index (κ3) is 1.43. The lowest BCUT2D eigenvalue weighted by molar-refractivity contribution is -0.157. The number of carboxylic acid groups (broad SMARTS) is 1. The molecule has 0 radical (unpaired) electrons. The Hall–Kier alpha value is -1.81. The first kappa shape index (κ1) is 13.2. The number of hydrazine groups is 2. The van der Waals surface area contributed by atoms with Crippen LogP contribution in [-0.4, -0.2) is 58.0 Å². The highest BCUT2D eigenvalue weighted by Gasteiger charge is 2.70. The van der Waals surface area contributed by atoms with Crippen molar-refractivity contribution in [1.29, 1.82) is 0 Å². The van der Waals surface area contributed by atoms with Crippen molar-refractivity contribution < 1.29 is 23.1 Å². The Kier molecular flexibility index (Phi) is 2.54. The van der Waals surface area contributed by atoms with Crippen LogP contribution in [0.25, 0.3) is 0 Å². The molecule has 0 aromatic rings. The summed E-state index contributed by atoms with van der Waals surface area (Å²) in [7, 11) is -3.76. The quantitative estimate of drug-likeness (QED) is 0.511. The number of carbonyl (C=O) groups excluding carboxylic acids is 1. The third-order valence-corrected chi connectivity index (χ3v) is 6.84. The van der Waals surface area contributed by atoms with Crippen LogP contribution in [0.15, 0.2) is 12.4 Å². The first-order chi connectivity index (χ1) is 9.29. The summed E-state index contributed by atoms with van der Waals surface area (Å²) in [4.78, 5) is 24.0. The summed E-state index contributed by atoms with van der Waals surface area (Å²) in [6, 6.07) is -1.37. The Bertz CT molecular complexity index is 617. The molecule has 0 spiro atoms. The van der Waals surface area contributed by atoms with Crippen molar-refractivity contribution in [3.63, 3.8) is 0 Å². The zero-order chi connectivity index (χ0) is 14.7. The molecule has 0 aliphatic carbocycles. The van der Waals surface area contributed by atoms with Gasteiger partial charge in [-0.1, -0.05) is 0 Å². The first-order valence-electron chi connectivity index (χ1n) is 6.01. The van der Waals surface area contributed by atoms with Crippen molar-refractivity contribution in [1.82, 2.24) is 20.9 Å². The molecule has 3 rings (SSSR count). The summed E-state index contributed by atoms with van der Waals surface area (Å²) >= 11 is 0. The van der Waals surface area contributed by atoms with Gasteiger partial charge in [0, 0.05) is 12.4 Å². The molecular formula is C10H14N4O5S. The highest BCUT2D eigenvalue weighted by molar-refractivity contribution is 7.94. The van der Waals surface area contributed by atoms with E-state index in [1.54, 1.807) is 12.4 Å². The number of fused-ring (bicyclic) bond motifs is 1. The second-order valence-electron chi connectivity index (χ2n) is 5.26.